The second-order valence-electron chi connectivity index (χ2n) is 5.68. The van der Waals surface area contributed by atoms with Gasteiger partial charge in [0, 0.05) is 4.47 Å². The van der Waals surface area contributed by atoms with Crippen molar-refractivity contribution in [1.82, 2.24) is 5.32 Å². The fourth-order valence-corrected chi connectivity index (χ4v) is 3.13. The van der Waals surface area contributed by atoms with Crippen molar-refractivity contribution in [2.75, 3.05) is 6.79 Å². The third-order valence-corrected chi connectivity index (χ3v) is 4.67. The van der Waals surface area contributed by atoms with Crippen molar-refractivity contribution in [3.63, 3.8) is 0 Å². The van der Waals surface area contributed by atoms with E-state index in [1.807, 2.05) is 0 Å². The zero-order valence-electron chi connectivity index (χ0n) is 13.2. The summed E-state index contributed by atoms with van der Waals surface area (Å²) in [7, 11) is 0. The van der Waals surface area contributed by atoms with Gasteiger partial charge in [-0.25, -0.2) is 4.39 Å². The van der Waals surface area contributed by atoms with Crippen LogP contribution in [0.15, 0.2) is 52.0 Å². The van der Waals surface area contributed by atoms with E-state index in [4.69, 9.17) is 9.47 Å². The average Bonchev–Trinajstić information content (AvgIpc) is 3.15. The maximum Gasteiger partial charge on any atom is 0.258 e. The summed E-state index contributed by atoms with van der Waals surface area (Å²) in [5.74, 6) is -0.198. The molecule has 2 aliphatic rings. The second kappa shape index (κ2) is 6.42. The number of hydrogen-bond donors (Lipinski definition) is 1. The molecule has 2 amide bonds. The first-order valence-corrected chi connectivity index (χ1v) is 8.45. The normalized spacial score (nSPS) is 18.7. The minimum absolute atomic E-state index is 0.135. The van der Waals surface area contributed by atoms with Crippen molar-refractivity contribution in [2.45, 2.75) is 0 Å². The summed E-state index contributed by atoms with van der Waals surface area (Å²) in [6.45, 7) is 0.135. The number of imide groups is 1. The number of carbonyl (C=O) groups is 2. The van der Waals surface area contributed by atoms with Crippen LogP contribution in [0.3, 0.4) is 0 Å². The molecule has 0 radical (unpaired) electrons. The molecule has 0 aliphatic carbocycles. The summed E-state index contributed by atoms with van der Waals surface area (Å²) in [6, 6.07) is 9.12. The molecule has 4 rings (SSSR count). The molecule has 0 unspecified atom stereocenters. The Bertz CT molecular complexity index is 995. The largest absolute Gasteiger partial charge is 0.454 e. The van der Waals surface area contributed by atoms with Crippen LogP contribution in [0.4, 0.5) is 4.39 Å². The van der Waals surface area contributed by atoms with Gasteiger partial charge in [-0.1, -0.05) is 28.1 Å². The van der Waals surface area contributed by atoms with Gasteiger partial charge in [-0.15, -0.1) is 0 Å². The first-order valence-electron chi connectivity index (χ1n) is 7.65. The Kier molecular flexibility index (Phi) is 4.08. The summed E-state index contributed by atoms with van der Waals surface area (Å²) in [6.07, 6.45) is 3.15. The third kappa shape index (κ3) is 3.01. The first-order chi connectivity index (χ1) is 12.5. The third-order valence-electron chi connectivity index (χ3n) is 3.98. The van der Waals surface area contributed by atoms with Crippen molar-refractivity contribution in [3.05, 3.63) is 69.0 Å². The molecule has 2 heterocycles. The predicted molar refractivity (Wildman–Crippen MR) is 95.8 cm³/mol. The maximum absolute atomic E-state index is 13.1. The Morgan fingerprint density at radius 3 is 2.27 bits per heavy atom. The van der Waals surface area contributed by atoms with Gasteiger partial charge in [0.25, 0.3) is 11.8 Å². The molecule has 0 atom stereocenters. The second-order valence-corrected chi connectivity index (χ2v) is 6.53. The van der Waals surface area contributed by atoms with Gasteiger partial charge < -0.3 is 9.47 Å². The van der Waals surface area contributed by atoms with Gasteiger partial charge in [0.2, 0.25) is 6.79 Å². The number of ether oxygens (including phenoxy) is 2. The van der Waals surface area contributed by atoms with E-state index in [-0.39, 0.29) is 23.8 Å². The summed E-state index contributed by atoms with van der Waals surface area (Å²) in [5, 5.41) is 2.28. The fourth-order valence-electron chi connectivity index (χ4n) is 2.69. The Balaban J connectivity index is 1.78. The van der Waals surface area contributed by atoms with Gasteiger partial charge in [0.1, 0.15) is 5.82 Å². The molecule has 1 fully saturated rings. The molecule has 1 saturated heterocycles. The lowest BCUT2D eigenvalue weighted by Gasteiger charge is -2.04. The van der Waals surface area contributed by atoms with E-state index in [1.165, 1.54) is 24.3 Å². The van der Waals surface area contributed by atoms with Gasteiger partial charge in [0.05, 0.1) is 11.1 Å². The van der Waals surface area contributed by atoms with E-state index < -0.39 is 11.8 Å². The predicted octanol–water partition coefficient (Wildman–Crippen LogP) is 3.44. The number of halogens is 2. The number of rotatable bonds is 2. The summed E-state index contributed by atoms with van der Waals surface area (Å²) in [5.41, 5.74) is 1.71. The molecule has 130 valence electrons. The van der Waals surface area contributed by atoms with Crippen molar-refractivity contribution in [3.8, 4) is 11.5 Å². The molecule has 7 heteroatoms. The molecular formula is C19H11BrFNO4. The number of nitrogens with one attached hydrogen (secondary N) is 1. The van der Waals surface area contributed by atoms with Crippen LogP contribution >= 0.6 is 15.9 Å². The molecular weight excluding hydrogens is 405 g/mol. The van der Waals surface area contributed by atoms with E-state index in [0.29, 0.717) is 27.1 Å². The molecule has 26 heavy (non-hydrogen) atoms. The number of carbonyl (C=O) groups excluding carboxylic acids is 2. The Labute approximate surface area is 156 Å². The van der Waals surface area contributed by atoms with Crippen LogP contribution in [-0.2, 0) is 9.59 Å². The minimum atomic E-state index is -0.498. The lowest BCUT2D eigenvalue weighted by atomic mass is 10.0. The molecule has 0 saturated carbocycles. The highest BCUT2D eigenvalue weighted by Gasteiger charge is 2.30. The monoisotopic (exact) mass is 415 g/mol. The van der Waals surface area contributed by atoms with E-state index in [9.17, 15) is 14.0 Å². The van der Waals surface area contributed by atoms with Crippen LogP contribution in [-0.4, -0.2) is 18.6 Å². The van der Waals surface area contributed by atoms with Crippen molar-refractivity contribution in [1.29, 1.82) is 0 Å². The number of amides is 2. The standard InChI is InChI=1S/C19H11BrFNO4/c20-15-8-17-16(25-9-26-17)7-11(15)6-14-13(18(23)22-19(14)24)5-10-1-3-12(21)4-2-10/h1-8H,9H2,(H,22,23,24)/b13-5?,14-6+. The number of hydrogen-bond acceptors (Lipinski definition) is 4. The molecule has 5 nitrogen and oxygen atoms in total. The summed E-state index contributed by atoms with van der Waals surface area (Å²) in [4.78, 5) is 24.4. The van der Waals surface area contributed by atoms with Gasteiger partial charge in [-0.2, -0.15) is 0 Å². The summed E-state index contributed by atoms with van der Waals surface area (Å²) < 4.78 is 24.4. The smallest absolute Gasteiger partial charge is 0.258 e. The van der Waals surface area contributed by atoms with Crippen LogP contribution in [0, 0.1) is 5.82 Å². The van der Waals surface area contributed by atoms with Crippen molar-refractivity contribution in [2.24, 2.45) is 0 Å². The average molecular weight is 416 g/mol. The van der Waals surface area contributed by atoms with E-state index >= 15 is 0 Å². The summed E-state index contributed by atoms with van der Waals surface area (Å²) >= 11 is 3.43. The van der Waals surface area contributed by atoms with Crippen LogP contribution in [0.1, 0.15) is 11.1 Å². The van der Waals surface area contributed by atoms with Crippen LogP contribution in [0.25, 0.3) is 12.2 Å². The lowest BCUT2D eigenvalue weighted by molar-refractivity contribution is -0.123. The molecule has 2 aromatic carbocycles. The highest BCUT2D eigenvalue weighted by atomic mass is 79.9. The molecule has 1 N–H and O–H groups in total. The van der Waals surface area contributed by atoms with E-state index in [0.717, 1.165) is 0 Å². The van der Waals surface area contributed by atoms with Crippen molar-refractivity contribution >= 4 is 39.9 Å². The molecule has 0 bridgehead atoms. The van der Waals surface area contributed by atoms with Gasteiger partial charge in [-0.05, 0) is 47.5 Å². The Morgan fingerprint density at radius 1 is 0.962 bits per heavy atom. The SMILES string of the molecule is O=C1NC(=O)/C(=C/c2cc3c(cc2Br)OCO3)C1=Cc1ccc(F)cc1. The molecule has 2 aromatic rings. The number of fused-ring (bicyclic) bond motifs is 1. The Hall–Kier alpha value is -2.93. The zero-order chi connectivity index (χ0) is 18.3. The topological polar surface area (TPSA) is 64.6 Å². The van der Waals surface area contributed by atoms with Gasteiger partial charge >= 0.3 is 0 Å². The van der Waals surface area contributed by atoms with Crippen LogP contribution in [0.2, 0.25) is 0 Å². The fraction of sp³-hybridized carbons (Fsp3) is 0.0526. The van der Waals surface area contributed by atoms with Crippen LogP contribution in [0.5, 0.6) is 11.5 Å². The van der Waals surface area contributed by atoms with E-state index in [1.54, 1.807) is 24.3 Å². The van der Waals surface area contributed by atoms with E-state index in [2.05, 4.69) is 21.2 Å². The lowest BCUT2D eigenvalue weighted by Crippen LogP contribution is -2.19. The minimum Gasteiger partial charge on any atom is -0.454 e. The van der Waals surface area contributed by atoms with Gasteiger partial charge in [0.15, 0.2) is 11.5 Å². The first kappa shape index (κ1) is 16.5. The van der Waals surface area contributed by atoms with Crippen LogP contribution < -0.4 is 14.8 Å². The molecule has 2 aliphatic heterocycles. The highest BCUT2D eigenvalue weighted by molar-refractivity contribution is 9.10. The van der Waals surface area contributed by atoms with Crippen molar-refractivity contribution < 1.29 is 23.5 Å². The zero-order valence-corrected chi connectivity index (χ0v) is 14.8. The van der Waals surface area contributed by atoms with Gasteiger partial charge in [-0.3, -0.25) is 14.9 Å². The number of benzene rings is 2. The highest BCUT2D eigenvalue weighted by Crippen LogP contribution is 2.38. The Morgan fingerprint density at radius 2 is 1.58 bits per heavy atom. The molecule has 0 aromatic heterocycles. The maximum atomic E-state index is 13.1. The quantitative estimate of drug-likeness (QED) is 0.602. The molecule has 0 spiro atoms.